The standard InChI is InChI=1S/C14H25N3O/c1-14(2,13(15)16)3-4-17-7-9-5-8-6-10(9)11(17)12(8)18/h8-12,18H,3-7H2,1-2H3,(H3,15,16). The van der Waals surface area contributed by atoms with Crippen LogP contribution in [0, 0.1) is 28.6 Å². The second-order valence-corrected chi connectivity index (χ2v) is 7.18. The van der Waals surface area contributed by atoms with Crippen LogP contribution in [0.4, 0.5) is 0 Å². The van der Waals surface area contributed by atoms with Gasteiger partial charge in [0.15, 0.2) is 0 Å². The number of amidine groups is 1. The molecule has 1 saturated heterocycles. The predicted octanol–water partition coefficient (Wildman–Crippen LogP) is 1.04. The molecular formula is C14H25N3O. The number of nitrogens with one attached hydrogen (secondary N) is 1. The van der Waals surface area contributed by atoms with Crippen LogP contribution in [0.2, 0.25) is 0 Å². The van der Waals surface area contributed by atoms with Gasteiger partial charge < -0.3 is 10.8 Å². The Hall–Kier alpha value is -0.610. The summed E-state index contributed by atoms with van der Waals surface area (Å²) in [4.78, 5) is 2.47. The van der Waals surface area contributed by atoms with Gasteiger partial charge in [-0.3, -0.25) is 10.3 Å². The number of likely N-dealkylation sites (tertiary alicyclic amines) is 1. The topological polar surface area (TPSA) is 73.3 Å². The minimum absolute atomic E-state index is 0.103. The van der Waals surface area contributed by atoms with Crippen LogP contribution < -0.4 is 5.73 Å². The lowest BCUT2D eigenvalue weighted by Crippen LogP contribution is -2.43. The van der Waals surface area contributed by atoms with E-state index in [-0.39, 0.29) is 17.4 Å². The summed E-state index contributed by atoms with van der Waals surface area (Å²) in [6.45, 7) is 6.19. The molecule has 3 fully saturated rings. The number of hydrogen-bond acceptors (Lipinski definition) is 3. The monoisotopic (exact) mass is 251 g/mol. The van der Waals surface area contributed by atoms with Crippen molar-refractivity contribution in [2.75, 3.05) is 13.1 Å². The Morgan fingerprint density at radius 2 is 2.11 bits per heavy atom. The normalized spacial score (nSPS) is 42.7. The molecular weight excluding hydrogens is 226 g/mol. The van der Waals surface area contributed by atoms with E-state index in [1.807, 2.05) is 13.8 Å². The first-order valence-corrected chi connectivity index (χ1v) is 7.17. The van der Waals surface area contributed by atoms with Crippen molar-refractivity contribution in [3.05, 3.63) is 0 Å². The fourth-order valence-electron chi connectivity index (χ4n) is 4.35. The van der Waals surface area contributed by atoms with Gasteiger partial charge in [-0.2, -0.15) is 0 Å². The Kier molecular flexibility index (Phi) is 2.72. The molecule has 3 rings (SSSR count). The van der Waals surface area contributed by atoms with Crippen LogP contribution in [0.3, 0.4) is 0 Å². The quantitative estimate of drug-likeness (QED) is 0.516. The number of nitrogens with zero attached hydrogens (tertiary/aromatic N) is 1. The second-order valence-electron chi connectivity index (χ2n) is 7.18. The predicted molar refractivity (Wildman–Crippen MR) is 71.4 cm³/mol. The lowest BCUT2D eigenvalue weighted by Gasteiger charge is -2.31. The third-order valence-electron chi connectivity index (χ3n) is 5.70. The molecule has 1 heterocycles. The van der Waals surface area contributed by atoms with Crippen molar-refractivity contribution in [3.63, 3.8) is 0 Å². The minimum Gasteiger partial charge on any atom is -0.391 e. The van der Waals surface area contributed by atoms with Gasteiger partial charge in [0.25, 0.3) is 0 Å². The lowest BCUT2D eigenvalue weighted by atomic mass is 9.87. The van der Waals surface area contributed by atoms with E-state index >= 15 is 0 Å². The Labute approximate surface area is 109 Å². The summed E-state index contributed by atoms with van der Waals surface area (Å²) in [5, 5.41) is 17.9. The molecule has 3 aliphatic rings. The highest BCUT2D eigenvalue weighted by atomic mass is 16.3. The van der Waals surface area contributed by atoms with Crippen molar-refractivity contribution in [2.24, 2.45) is 28.9 Å². The first kappa shape index (κ1) is 12.4. The van der Waals surface area contributed by atoms with E-state index in [2.05, 4.69) is 4.90 Å². The van der Waals surface area contributed by atoms with E-state index in [1.165, 1.54) is 12.8 Å². The SMILES string of the molecule is CC(C)(CCN1CC2CC3CC2C1C3O)C(=N)N. The molecule has 4 heteroatoms. The maximum absolute atomic E-state index is 10.3. The first-order valence-electron chi connectivity index (χ1n) is 7.17. The number of fused-ring (bicyclic) bond motifs is 1. The zero-order chi connectivity index (χ0) is 13.1. The van der Waals surface area contributed by atoms with E-state index in [0.717, 1.165) is 31.3 Å². The van der Waals surface area contributed by atoms with Crippen LogP contribution in [0.5, 0.6) is 0 Å². The summed E-state index contributed by atoms with van der Waals surface area (Å²) in [5.41, 5.74) is 5.42. The van der Waals surface area contributed by atoms with Gasteiger partial charge in [0.2, 0.25) is 0 Å². The number of hydrogen-bond donors (Lipinski definition) is 3. The van der Waals surface area contributed by atoms with Gasteiger partial charge >= 0.3 is 0 Å². The van der Waals surface area contributed by atoms with Crippen molar-refractivity contribution in [2.45, 2.75) is 45.3 Å². The molecule has 0 aromatic heterocycles. The molecule has 0 radical (unpaired) electrons. The van der Waals surface area contributed by atoms with Crippen molar-refractivity contribution in [1.82, 2.24) is 4.90 Å². The number of aliphatic hydroxyl groups excluding tert-OH is 1. The Bertz CT molecular complexity index is 366. The highest BCUT2D eigenvalue weighted by Crippen LogP contribution is 2.54. The molecule has 5 unspecified atom stereocenters. The van der Waals surface area contributed by atoms with Gasteiger partial charge in [-0.15, -0.1) is 0 Å². The average Bonchev–Trinajstić information content (AvgIpc) is 2.86. The maximum Gasteiger partial charge on any atom is 0.0963 e. The van der Waals surface area contributed by atoms with E-state index in [4.69, 9.17) is 11.1 Å². The third kappa shape index (κ3) is 1.69. The highest BCUT2D eigenvalue weighted by Gasteiger charge is 2.58. The van der Waals surface area contributed by atoms with Gasteiger partial charge in [-0.05, 0) is 43.6 Å². The van der Waals surface area contributed by atoms with Crippen molar-refractivity contribution >= 4 is 5.84 Å². The van der Waals surface area contributed by atoms with E-state index in [0.29, 0.717) is 12.0 Å². The van der Waals surface area contributed by atoms with Crippen LogP contribution in [-0.2, 0) is 0 Å². The lowest BCUT2D eigenvalue weighted by molar-refractivity contribution is 0.0486. The highest BCUT2D eigenvalue weighted by molar-refractivity contribution is 5.82. The van der Waals surface area contributed by atoms with Crippen LogP contribution in [-0.4, -0.2) is 41.1 Å². The molecule has 2 bridgehead atoms. The Morgan fingerprint density at radius 1 is 1.39 bits per heavy atom. The molecule has 2 saturated carbocycles. The van der Waals surface area contributed by atoms with Gasteiger partial charge in [0, 0.05) is 18.0 Å². The Balaban J connectivity index is 1.64. The molecule has 2 aliphatic carbocycles. The molecule has 0 amide bonds. The molecule has 0 aromatic carbocycles. The van der Waals surface area contributed by atoms with Crippen molar-refractivity contribution in [3.8, 4) is 0 Å². The summed E-state index contributed by atoms with van der Waals surface area (Å²) in [7, 11) is 0. The number of nitrogens with two attached hydrogens (primary N) is 1. The van der Waals surface area contributed by atoms with Crippen molar-refractivity contribution < 1.29 is 5.11 Å². The fraction of sp³-hybridized carbons (Fsp3) is 0.929. The summed E-state index contributed by atoms with van der Waals surface area (Å²) in [5.74, 6) is 2.40. The maximum atomic E-state index is 10.3. The molecule has 5 atom stereocenters. The minimum atomic E-state index is -0.218. The molecule has 1 aliphatic heterocycles. The molecule has 4 N–H and O–H groups in total. The van der Waals surface area contributed by atoms with Crippen LogP contribution in [0.1, 0.15) is 33.1 Å². The second kappa shape index (κ2) is 3.94. The molecule has 0 spiro atoms. The first-order chi connectivity index (χ1) is 8.40. The molecule has 4 nitrogen and oxygen atoms in total. The van der Waals surface area contributed by atoms with E-state index in [9.17, 15) is 5.11 Å². The summed E-state index contributed by atoms with van der Waals surface area (Å²) >= 11 is 0. The zero-order valence-corrected chi connectivity index (χ0v) is 11.4. The summed E-state index contributed by atoms with van der Waals surface area (Å²) < 4.78 is 0. The van der Waals surface area contributed by atoms with E-state index < -0.39 is 0 Å². The smallest absolute Gasteiger partial charge is 0.0963 e. The van der Waals surface area contributed by atoms with Crippen LogP contribution in [0.25, 0.3) is 0 Å². The molecule has 0 aromatic rings. The van der Waals surface area contributed by atoms with Gasteiger partial charge in [0.05, 0.1) is 11.9 Å². The fourth-order valence-corrected chi connectivity index (χ4v) is 4.35. The summed E-state index contributed by atoms with van der Waals surface area (Å²) in [6.07, 6.45) is 3.28. The number of rotatable bonds is 4. The largest absolute Gasteiger partial charge is 0.391 e. The molecule has 18 heavy (non-hydrogen) atoms. The van der Waals surface area contributed by atoms with Crippen LogP contribution >= 0.6 is 0 Å². The zero-order valence-electron chi connectivity index (χ0n) is 11.4. The third-order valence-corrected chi connectivity index (χ3v) is 5.70. The molecule has 102 valence electrons. The average molecular weight is 251 g/mol. The summed E-state index contributed by atoms with van der Waals surface area (Å²) in [6, 6.07) is 0.400. The van der Waals surface area contributed by atoms with Gasteiger partial charge in [-0.25, -0.2) is 0 Å². The van der Waals surface area contributed by atoms with Crippen molar-refractivity contribution in [1.29, 1.82) is 5.41 Å². The van der Waals surface area contributed by atoms with Gasteiger partial charge in [0.1, 0.15) is 0 Å². The Morgan fingerprint density at radius 3 is 2.72 bits per heavy atom. The number of aliphatic hydroxyl groups is 1. The van der Waals surface area contributed by atoms with Gasteiger partial charge in [-0.1, -0.05) is 13.8 Å². The van der Waals surface area contributed by atoms with Crippen LogP contribution in [0.15, 0.2) is 0 Å². The van der Waals surface area contributed by atoms with E-state index in [1.54, 1.807) is 0 Å².